The van der Waals surface area contributed by atoms with E-state index in [4.69, 9.17) is 0 Å². The van der Waals surface area contributed by atoms with Crippen molar-refractivity contribution in [2.45, 2.75) is 31.7 Å². The van der Waals surface area contributed by atoms with Gasteiger partial charge in [0.25, 0.3) is 0 Å². The van der Waals surface area contributed by atoms with Crippen LogP contribution in [0.1, 0.15) is 40.1 Å². The van der Waals surface area contributed by atoms with Crippen molar-refractivity contribution in [3.8, 4) is 0 Å². The van der Waals surface area contributed by atoms with Gasteiger partial charge in [-0.25, -0.2) is 0 Å². The molecule has 3 atom stereocenters. The van der Waals surface area contributed by atoms with Gasteiger partial charge >= 0.3 is 0 Å². The van der Waals surface area contributed by atoms with Crippen LogP contribution in [0.3, 0.4) is 0 Å². The van der Waals surface area contributed by atoms with Crippen LogP contribution in [0.5, 0.6) is 0 Å². The van der Waals surface area contributed by atoms with Gasteiger partial charge in [-0.05, 0) is 37.5 Å². The first kappa shape index (κ1) is 15.8. The molecule has 0 aromatic carbocycles. The molecule has 2 fully saturated rings. The zero-order chi connectivity index (χ0) is 16.7. The smallest absolute Gasteiger partial charge is 0.228 e. The molecule has 128 valence electrons. The van der Waals surface area contributed by atoms with Gasteiger partial charge < -0.3 is 10.2 Å². The number of nitrogens with zero attached hydrogens (tertiary/aromatic N) is 3. The van der Waals surface area contributed by atoms with E-state index in [0.29, 0.717) is 5.91 Å². The van der Waals surface area contributed by atoms with Crippen molar-refractivity contribution in [3.05, 3.63) is 39.8 Å². The standard InChI is InChI=1S/C18H24N4OS/c1-12-5-6-17(24-12)16-4-3-7-22(16)18(23)15-10-19-9-14(15)13-8-20-21(2)11-13/h5-6,8,11,14-16,19H,3-4,7,9-10H2,1-2H3/t14-,15+,16?/m1/s1. The summed E-state index contributed by atoms with van der Waals surface area (Å²) in [7, 11) is 1.93. The highest BCUT2D eigenvalue weighted by atomic mass is 32.1. The number of hydrogen-bond acceptors (Lipinski definition) is 4. The maximum atomic E-state index is 13.3. The van der Waals surface area contributed by atoms with E-state index in [9.17, 15) is 4.79 Å². The van der Waals surface area contributed by atoms with Gasteiger partial charge in [0.05, 0.1) is 18.2 Å². The number of rotatable bonds is 3. The number of nitrogens with one attached hydrogen (secondary N) is 1. The molecule has 2 aromatic rings. The van der Waals surface area contributed by atoms with E-state index in [0.717, 1.165) is 32.5 Å². The van der Waals surface area contributed by atoms with E-state index >= 15 is 0 Å². The van der Waals surface area contributed by atoms with E-state index in [1.807, 2.05) is 35.5 Å². The third-order valence-corrected chi connectivity index (χ3v) is 6.41. The molecule has 1 unspecified atom stereocenters. The third-order valence-electron chi connectivity index (χ3n) is 5.31. The molecule has 0 radical (unpaired) electrons. The van der Waals surface area contributed by atoms with Crippen LogP contribution in [0.15, 0.2) is 24.5 Å². The first-order valence-corrected chi connectivity index (χ1v) is 9.51. The fourth-order valence-electron chi connectivity index (χ4n) is 4.09. The van der Waals surface area contributed by atoms with Gasteiger partial charge in [-0.1, -0.05) is 0 Å². The van der Waals surface area contributed by atoms with E-state index in [-0.39, 0.29) is 17.9 Å². The van der Waals surface area contributed by atoms with Crippen LogP contribution in [-0.2, 0) is 11.8 Å². The van der Waals surface area contributed by atoms with Crippen LogP contribution in [0.2, 0.25) is 0 Å². The molecule has 6 heteroatoms. The summed E-state index contributed by atoms with van der Waals surface area (Å²) < 4.78 is 1.82. The van der Waals surface area contributed by atoms with Gasteiger partial charge in [-0.3, -0.25) is 9.48 Å². The fourth-order valence-corrected chi connectivity index (χ4v) is 5.12. The number of thiophene rings is 1. The molecule has 24 heavy (non-hydrogen) atoms. The molecular formula is C18H24N4OS. The Balaban J connectivity index is 1.55. The Morgan fingerprint density at radius 3 is 2.96 bits per heavy atom. The fraction of sp³-hybridized carbons (Fsp3) is 0.556. The molecule has 4 rings (SSSR count). The van der Waals surface area contributed by atoms with Crippen molar-refractivity contribution in [3.63, 3.8) is 0 Å². The number of aromatic nitrogens is 2. The zero-order valence-corrected chi connectivity index (χ0v) is 15.1. The van der Waals surface area contributed by atoms with Gasteiger partial charge in [0, 0.05) is 48.6 Å². The van der Waals surface area contributed by atoms with Crippen LogP contribution in [0.4, 0.5) is 0 Å². The molecule has 2 aromatic heterocycles. The summed E-state index contributed by atoms with van der Waals surface area (Å²) in [5.41, 5.74) is 1.17. The lowest BCUT2D eigenvalue weighted by Crippen LogP contribution is -2.38. The van der Waals surface area contributed by atoms with Gasteiger partial charge in [-0.15, -0.1) is 11.3 Å². The van der Waals surface area contributed by atoms with E-state index in [2.05, 4.69) is 34.4 Å². The molecule has 1 N–H and O–H groups in total. The average Bonchev–Trinajstić information content (AvgIpc) is 3.32. The molecule has 5 nitrogen and oxygen atoms in total. The summed E-state index contributed by atoms with van der Waals surface area (Å²) in [5.74, 6) is 0.566. The molecule has 2 saturated heterocycles. The van der Waals surface area contributed by atoms with E-state index in [1.54, 1.807) is 0 Å². The molecule has 2 aliphatic heterocycles. The summed E-state index contributed by atoms with van der Waals surface area (Å²) in [6, 6.07) is 4.63. The normalized spacial score (nSPS) is 27.1. The first-order valence-electron chi connectivity index (χ1n) is 8.69. The highest BCUT2D eigenvalue weighted by molar-refractivity contribution is 7.12. The summed E-state index contributed by atoms with van der Waals surface area (Å²) in [6.07, 6.45) is 6.14. The lowest BCUT2D eigenvalue weighted by Gasteiger charge is -2.28. The molecule has 2 aliphatic rings. The predicted molar refractivity (Wildman–Crippen MR) is 95.1 cm³/mol. The second-order valence-corrected chi connectivity index (χ2v) is 8.28. The Hall–Kier alpha value is -1.66. The quantitative estimate of drug-likeness (QED) is 0.930. The summed E-state index contributed by atoms with van der Waals surface area (Å²) in [5, 5.41) is 7.69. The van der Waals surface area contributed by atoms with E-state index in [1.165, 1.54) is 15.3 Å². The largest absolute Gasteiger partial charge is 0.335 e. The second kappa shape index (κ2) is 6.33. The summed E-state index contributed by atoms with van der Waals surface area (Å²) >= 11 is 1.83. The van der Waals surface area contributed by atoms with Crippen LogP contribution >= 0.6 is 11.3 Å². The zero-order valence-electron chi connectivity index (χ0n) is 14.2. The highest BCUT2D eigenvalue weighted by Gasteiger charge is 2.40. The van der Waals surface area contributed by atoms with Gasteiger partial charge in [0.15, 0.2) is 0 Å². The van der Waals surface area contributed by atoms with Crippen LogP contribution in [0.25, 0.3) is 0 Å². The lowest BCUT2D eigenvalue weighted by molar-refractivity contribution is -0.136. The molecule has 1 amide bonds. The lowest BCUT2D eigenvalue weighted by atomic mass is 9.89. The van der Waals surface area contributed by atoms with Crippen molar-refractivity contribution in [2.24, 2.45) is 13.0 Å². The Labute approximate surface area is 146 Å². The third kappa shape index (κ3) is 2.78. The number of carbonyl (C=O) groups is 1. The molecule has 0 spiro atoms. The first-order chi connectivity index (χ1) is 11.6. The van der Waals surface area contributed by atoms with Gasteiger partial charge in [-0.2, -0.15) is 5.10 Å². The Morgan fingerprint density at radius 1 is 1.38 bits per heavy atom. The van der Waals surface area contributed by atoms with Crippen molar-refractivity contribution in [2.75, 3.05) is 19.6 Å². The summed E-state index contributed by atoms with van der Waals surface area (Å²) in [6.45, 7) is 4.65. The molecule has 0 aliphatic carbocycles. The monoisotopic (exact) mass is 344 g/mol. The number of carbonyl (C=O) groups excluding carboxylic acids is 1. The molecule has 0 saturated carbocycles. The minimum Gasteiger partial charge on any atom is -0.335 e. The van der Waals surface area contributed by atoms with Crippen molar-refractivity contribution in [1.29, 1.82) is 0 Å². The Bertz CT molecular complexity index is 677. The second-order valence-electron chi connectivity index (χ2n) is 6.96. The number of aryl methyl sites for hydroxylation is 2. The number of likely N-dealkylation sites (tertiary alicyclic amines) is 1. The highest BCUT2D eigenvalue weighted by Crippen LogP contribution is 2.39. The Morgan fingerprint density at radius 2 is 2.25 bits per heavy atom. The topological polar surface area (TPSA) is 50.2 Å². The average molecular weight is 344 g/mol. The molecular weight excluding hydrogens is 320 g/mol. The van der Waals surface area contributed by atoms with Crippen molar-refractivity contribution >= 4 is 17.2 Å². The van der Waals surface area contributed by atoms with Gasteiger partial charge in [0.1, 0.15) is 0 Å². The van der Waals surface area contributed by atoms with E-state index < -0.39 is 0 Å². The molecule has 0 bridgehead atoms. The van der Waals surface area contributed by atoms with Crippen LogP contribution in [-0.4, -0.2) is 40.2 Å². The SMILES string of the molecule is Cc1ccc(C2CCCN2C(=O)[C@H]2CNC[C@@H]2c2cnn(C)c2)s1. The van der Waals surface area contributed by atoms with Crippen molar-refractivity contribution in [1.82, 2.24) is 20.0 Å². The minimum atomic E-state index is 0.0239. The maximum Gasteiger partial charge on any atom is 0.228 e. The minimum absolute atomic E-state index is 0.0239. The van der Waals surface area contributed by atoms with Crippen LogP contribution in [0, 0.1) is 12.8 Å². The number of amides is 1. The summed E-state index contributed by atoms with van der Waals surface area (Å²) in [4.78, 5) is 18.1. The maximum absolute atomic E-state index is 13.3. The van der Waals surface area contributed by atoms with Gasteiger partial charge in [0.2, 0.25) is 5.91 Å². The van der Waals surface area contributed by atoms with Crippen molar-refractivity contribution < 1.29 is 4.79 Å². The Kier molecular flexibility index (Phi) is 4.18. The molecule has 4 heterocycles. The number of hydrogen-bond donors (Lipinski definition) is 1. The predicted octanol–water partition coefficient (Wildman–Crippen LogP) is 2.46. The van der Waals surface area contributed by atoms with Crippen LogP contribution < -0.4 is 5.32 Å².